The molecule has 1 aromatic carbocycles. The third-order valence-corrected chi connectivity index (χ3v) is 6.55. The Morgan fingerprint density at radius 3 is 2.75 bits per heavy atom. The van der Waals surface area contributed by atoms with E-state index in [0.29, 0.717) is 0 Å². The maximum absolute atomic E-state index is 5.81. The van der Waals surface area contributed by atoms with Crippen molar-refractivity contribution in [2.75, 3.05) is 31.5 Å². The lowest BCUT2D eigenvalue weighted by atomic mass is 10.0. The summed E-state index contributed by atoms with van der Waals surface area (Å²) < 4.78 is 0. The van der Waals surface area contributed by atoms with Crippen molar-refractivity contribution in [1.82, 2.24) is 9.80 Å². The fourth-order valence-corrected chi connectivity index (χ4v) is 5.06. The Kier molecular flexibility index (Phi) is 7.89. The van der Waals surface area contributed by atoms with Gasteiger partial charge in [0.05, 0.1) is 6.54 Å². The average molecular weight is 416 g/mol. The first-order valence-electron chi connectivity index (χ1n) is 10.4. The van der Waals surface area contributed by atoms with Gasteiger partial charge >= 0.3 is 0 Å². The predicted octanol–water partition coefficient (Wildman–Crippen LogP) is 5.69. The van der Waals surface area contributed by atoms with Crippen molar-refractivity contribution >= 4 is 34.4 Å². The average Bonchev–Trinajstić information content (AvgIpc) is 3.13. The minimum absolute atomic E-state index is 0.824. The zero-order valence-corrected chi connectivity index (χ0v) is 19.0. The van der Waals surface area contributed by atoms with E-state index < -0.39 is 0 Å². The number of anilines is 1. The van der Waals surface area contributed by atoms with Crippen LogP contribution in [0.3, 0.4) is 0 Å². The monoisotopic (exact) mass is 415 g/mol. The molecule has 0 amide bonds. The van der Waals surface area contributed by atoms with Gasteiger partial charge in [-0.3, -0.25) is 0 Å². The highest BCUT2D eigenvalue weighted by Crippen LogP contribution is 2.18. The van der Waals surface area contributed by atoms with Gasteiger partial charge < -0.3 is 15.1 Å². The summed E-state index contributed by atoms with van der Waals surface area (Å²) in [4.78, 5) is 6.31. The fraction of sp³-hybridized carbons (Fsp3) is 0.522. The number of likely N-dealkylation sites (tertiary alicyclic amines) is 1. The minimum Gasteiger partial charge on any atom is -0.344 e. The summed E-state index contributed by atoms with van der Waals surface area (Å²) in [6, 6.07) is 10.8. The number of thiocarbonyl (C=S) groups is 1. The van der Waals surface area contributed by atoms with Gasteiger partial charge in [-0.1, -0.05) is 19.1 Å². The summed E-state index contributed by atoms with van der Waals surface area (Å²) in [7, 11) is 0. The predicted molar refractivity (Wildman–Crippen MR) is 126 cm³/mol. The maximum Gasteiger partial charge on any atom is 0.173 e. The maximum atomic E-state index is 5.81. The number of nitrogens with one attached hydrogen (secondary N) is 1. The van der Waals surface area contributed by atoms with Crippen LogP contribution in [0.5, 0.6) is 0 Å². The standard InChI is InChI=1S/C23H33N3S2/c1-18-7-4-9-25(16-18)10-6-11-26(17-22-8-5-12-28-22)23(27)24-21-14-19(2)13-20(3)15-21/h5,8,12-15,18H,4,6-7,9-11,16-17H2,1-3H3,(H,24,27)/t18-/m1/s1. The number of piperidine rings is 1. The molecule has 0 spiro atoms. The zero-order valence-electron chi connectivity index (χ0n) is 17.4. The van der Waals surface area contributed by atoms with E-state index >= 15 is 0 Å². The molecule has 1 aliphatic rings. The van der Waals surface area contributed by atoms with Gasteiger partial charge in [0, 0.05) is 23.7 Å². The summed E-state index contributed by atoms with van der Waals surface area (Å²) in [5, 5.41) is 6.45. The molecule has 0 saturated carbocycles. The summed E-state index contributed by atoms with van der Waals surface area (Å²) >= 11 is 7.61. The van der Waals surface area contributed by atoms with E-state index in [1.54, 1.807) is 11.3 Å². The van der Waals surface area contributed by atoms with Gasteiger partial charge in [0.25, 0.3) is 0 Å². The van der Waals surface area contributed by atoms with E-state index in [1.807, 2.05) is 0 Å². The van der Waals surface area contributed by atoms with Crippen LogP contribution in [0.25, 0.3) is 0 Å². The molecule has 0 unspecified atom stereocenters. The van der Waals surface area contributed by atoms with Gasteiger partial charge in [-0.2, -0.15) is 0 Å². The number of hydrogen-bond acceptors (Lipinski definition) is 3. The van der Waals surface area contributed by atoms with Crippen molar-refractivity contribution in [3.05, 3.63) is 51.7 Å². The van der Waals surface area contributed by atoms with Gasteiger partial charge in [0.15, 0.2) is 5.11 Å². The second-order valence-electron chi connectivity index (χ2n) is 8.21. The number of thiophene rings is 1. The van der Waals surface area contributed by atoms with Crippen LogP contribution >= 0.6 is 23.6 Å². The van der Waals surface area contributed by atoms with Crippen molar-refractivity contribution in [3.63, 3.8) is 0 Å². The number of nitrogens with zero attached hydrogens (tertiary/aromatic N) is 2. The number of rotatable bonds is 7. The van der Waals surface area contributed by atoms with Crippen molar-refractivity contribution in [2.45, 2.75) is 46.6 Å². The molecular formula is C23H33N3S2. The Balaban J connectivity index is 1.59. The third-order valence-electron chi connectivity index (χ3n) is 5.33. The van der Waals surface area contributed by atoms with E-state index in [4.69, 9.17) is 12.2 Å². The molecule has 28 heavy (non-hydrogen) atoms. The molecule has 1 atom stereocenters. The van der Waals surface area contributed by atoms with E-state index in [0.717, 1.165) is 42.8 Å². The van der Waals surface area contributed by atoms with Crippen LogP contribution < -0.4 is 5.32 Å². The van der Waals surface area contributed by atoms with Gasteiger partial charge in [0.2, 0.25) is 0 Å². The molecule has 0 aliphatic carbocycles. The lowest BCUT2D eigenvalue weighted by Crippen LogP contribution is -2.39. The Bertz CT molecular complexity index is 737. The molecule has 1 fully saturated rings. The molecule has 2 aromatic rings. The number of aryl methyl sites for hydroxylation is 2. The molecule has 1 aromatic heterocycles. The van der Waals surface area contributed by atoms with Gasteiger partial charge in [0.1, 0.15) is 0 Å². The van der Waals surface area contributed by atoms with Crippen LogP contribution in [0.2, 0.25) is 0 Å². The lowest BCUT2D eigenvalue weighted by molar-refractivity contribution is 0.177. The van der Waals surface area contributed by atoms with Crippen LogP contribution in [0, 0.1) is 19.8 Å². The lowest BCUT2D eigenvalue weighted by Gasteiger charge is -2.32. The van der Waals surface area contributed by atoms with E-state index in [2.05, 4.69) is 71.6 Å². The molecule has 3 nitrogen and oxygen atoms in total. The molecule has 1 N–H and O–H groups in total. The highest BCUT2D eigenvalue weighted by molar-refractivity contribution is 7.80. The number of benzene rings is 1. The van der Waals surface area contributed by atoms with E-state index in [9.17, 15) is 0 Å². The van der Waals surface area contributed by atoms with Gasteiger partial charge in [-0.25, -0.2) is 0 Å². The summed E-state index contributed by atoms with van der Waals surface area (Å²) in [6.07, 6.45) is 3.87. The van der Waals surface area contributed by atoms with Crippen molar-refractivity contribution in [1.29, 1.82) is 0 Å². The highest BCUT2D eigenvalue weighted by atomic mass is 32.1. The fourth-order valence-electron chi connectivity index (χ4n) is 4.07. The third kappa shape index (κ3) is 6.57. The normalized spacial score (nSPS) is 17.5. The van der Waals surface area contributed by atoms with Gasteiger partial charge in [-0.15, -0.1) is 11.3 Å². The van der Waals surface area contributed by atoms with E-state index in [1.165, 1.54) is 41.9 Å². The molecule has 0 bridgehead atoms. The van der Waals surface area contributed by atoms with Crippen molar-refractivity contribution < 1.29 is 0 Å². The van der Waals surface area contributed by atoms with Crippen molar-refractivity contribution in [3.8, 4) is 0 Å². The van der Waals surface area contributed by atoms with Crippen LogP contribution in [0.15, 0.2) is 35.7 Å². The second-order valence-corrected chi connectivity index (χ2v) is 9.63. The summed E-state index contributed by atoms with van der Waals surface area (Å²) in [6.45, 7) is 12.2. The Hall–Kier alpha value is -1.43. The SMILES string of the molecule is Cc1cc(C)cc(NC(=S)N(CCCN2CCC[C@@H](C)C2)Cc2cccs2)c1. The molecule has 1 saturated heterocycles. The van der Waals surface area contributed by atoms with Gasteiger partial charge in [-0.05, 0) is 99.0 Å². The molecule has 0 radical (unpaired) electrons. The van der Waals surface area contributed by atoms with Crippen LogP contribution in [0.1, 0.15) is 42.2 Å². The Morgan fingerprint density at radius 2 is 2.07 bits per heavy atom. The second kappa shape index (κ2) is 10.4. The molecular weight excluding hydrogens is 382 g/mol. The smallest absolute Gasteiger partial charge is 0.173 e. The molecule has 1 aliphatic heterocycles. The summed E-state index contributed by atoms with van der Waals surface area (Å²) in [5.74, 6) is 0.836. The van der Waals surface area contributed by atoms with Crippen molar-refractivity contribution in [2.24, 2.45) is 5.92 Å². The van der Waals surface area contributed by atoms with Crippen LogP contribution in [-0.2, 0) is 6.54 Å². The zero-order chi connectivity index (χ0) is 19.9. The molecule has 152 valence electrons. The Morgan fingerprint density at radius 1 is 1.29 bits per heavy atom. The van der Waals surface area contributed by atoms with Crippen LogP contribution in [0.4, 0.5) is 5.69 Å². The quantitative estimate of drug-likeness (QED) is 0.586. The first kappa shape index (κ1) is 21.3. The first-order valence-corrected chi connectivity index (χ1v) is 11.7. The number of hydrogen-bond donors (Lipinski definition) is 1. The topological polar surface area (TPSA) is 18.5 Å². The molecule has 3 rings (SSSR count). The minimum atomic E-state index is 0.824. The largest absolute Gasteiger partial charge is 0.344 e. The highest BCUT2D eigenvalue weighted by Gasteiger charge is 2.17. The summed E-state index contributed by atoms with van der Waals surface area (Å²) in [5.41, 5.74) is 3.60. The van der Waals surface area contributed by atoms with Crippen LogP contribution in [-0.4, -0.2) is 41.1 Å². The first-order chi connectivity index (χ1) is 13.5. The van der Waals surface area contributed by atoms with E-state index in [-0.39, 0.29) is 0 Å². The Labute approximate surface area is 179 Å². The molecule has 5 heteroatoms. The molecule has 2 heterocycles.